The second kappa shape index (κ2) is 10.6. The minimum absolute atomic E-state index is 0.0332. The fourth-order valence-corrected chi connectivity index (χ4v) is 6.03. The summed E-state index contributed by atoms with van der Waals surface area (Å²) in [4.78, 5) is 19.0. The van der Waals surface area contributed by atoms with Crippen LogP contribution in [0.3, 0.4) is 0 Å². The number of hydrogen-bond donors (Lipinski definition) is 1. The molecular weight excluding hydrogens is 508 g/mol. The third kappa shape index (κ3) is 4.85. The van der Waals surface area contributed by atoms with Crippen molar-refractivity contribution in [1.29, 1.82) is 0 Å². The fourth-order valence-electron chi connectivity index (χ4n) is 6.03. The van der Waals surface area contributed by atoms with E-state index in [-0.39, 0.29) is 6.10 Å². The number of pyridine rings is 2. The van der Waals surface area contributed by atoms with Crippen molar-refractivity contribution < 1.29 is 14.2 Å². The molecule has 0 saturated carbocycles. The number of nitrogens with zero attached hydrogens (tertiary/aromatic N) is 7. The lowest BCUT2D eigenvalue weighted by Crippen LogP contribution is -2.68. The van der Waals surface area contributed by atoms with E-state index in [0.717, 1.165) is 66.6 Å². The Bertz CT molecular complexity index is 1460. The first-order valence-corrected chi connectivity index (χ1v) is 13.9. The van der Waals surface area contributed by atoms with Crippen molar-refractivity contribution in [2.45, 2.75) is 38.1 Å². The van der Waals surface area contributed by atoms with Crippen LogP contribution in [0.2, 0.25) is 0 Å². The molecule has 40 heavy (non-hydrogen) atoms. The SMILES string of the molecule is COc1ccc(CN2C3CC2CN(c2cnc(-c4cc(OC[C@@H]5CNCCO5)cn5ncc(C)c45)cn2)C3)cn1. The number of rotatable bonds is 8. The summed E-state index contributed by atoms with van der Waals surface area (Å²) in [7, 11) is 1.64. The van der Waals surface area contributed by atoms with Crippen LogP contribution in [0.5, 0.6) is 11.6 Å². The number of methoxy groups -OCH3 is 1. The summed E-state index contributed by atoms with van der Waals surface area (Å²) >= 11 is 0. The van der Waals surface area contributed by atoms with Gasteiger partial charge in [-0.2, -0.15) is 5.10 Å². The number of piperazine rings is 1. The van der Waals surface area contributed by atoms with Gasteiger partial charge in [-0.15, -0.1) is 0 Å². The van der Waals surface area contributed by atoms with Crippen LogP contribution in [-0.4, -0.2) is 94.2 Å². The largest absolute Gasteiger partial charge is 0.489 e. The van der Waals surface area contributed by atoms with Gasteiger partial charge in [0.25, 0.3) is 0 Å². The molecule has 4 aromatic heterocycles. The van der Waals surface area contributed by atoms with Crippen LogP contribution in [0.1, 0.15) is 17.5 Å². The number of fused-ring (bicyclic) bond motifs is 3. The average molecular weight is 543 g/mol. The maximum absolute atomic E-state index is 6.13. The van der Waals surface area contributed by atoms with Crippen LogP contribution in [-0.2, 0) is 11.3 Å². The standard InChI is InChI=1S/C29H34N8O3/c1-19-9-34-37-17-23(40-18-24-11-30-5-6-39-24)8-25(29(19)37)26-12-32-27(13-31-26)35-15-21-7-22(16-35)36(21)14-20-3-4-28(38-2)33-10-20/h3-4,8-10,12-13,17,21-22,24,30H,5-7,11,14-16,18H2,1-2H3/t21?,22?,24-/m0/s1. The highest BCUT2D eigenvalue weighted by atomic mass is 16.5. The predicted octanol–water partition coefficient (Wildman–Crippen LogP) is 2.33. The minimum Gasteiger partial charge on any atom is -0.489 e. The molecule has 8 rings (SSSR count). The molecule has 0 amide bonds. The second-order valence-electron chi connectivity index (χ2n) is 10.8. The van der Waals surface area contributed by atoms with Gasteiger partial charge >= 0.3 is 0 Å². The van der Waals surface area contributed by atoms with Crippen molar-refractivity contribution in [3.05, 3.63) is 60.3 Å². The van der Waals surface area contributed by atoms with Crippen LogP contribution >= 0.6 is 0 Å². The number of nitrogens with one attached hydrogen (secondary N) is 1. The summed E-state index contributed by atoms with van der Waals surface area (Å²) in [5.41, 5.74) is 5.05. The van der Waals surface area contributed by atoms with E-state index in [0.29, 0.717) is 31.2 Å². The molecule has 4 aliphatic heterocycles. The highest BCUT2D eigenvalue weighted by molar-refractivity contribution is 5.81. The second-order valence-corrected chi connectivity index (χ2v) is 10.8. The van der Waals surface area contributed by atoms with E-state index in [1.54, 1.807) is 7.11 Å². The molecule has 2 unspecified atom stereocenters. The van der Waals surface area contributed by atoms with Gasteiger partial charge in [0.15, 0.2) is 0 Å². The molecule has 1 N–H and O–H groups in total. The number of anilines is 1. The monoisotopic (exact) mass is 542 g/mol. The lowest BCUT2D eigenvalue weighted by Gasteiger charge is -2.56. The van der Waals surface area contributed by atoms with Crippen molar-refractivity contribution in [2.24, 2.45) is 0 Å². The third-order valence-corrected chi connectivity index (χ3v) is 8.16. The molecule has 0 spiro atoms. The number of hydrogen-bond acceptors (Lipinski definition) is 10. The zero-order valence-electron chi connectivity index (χ0n) is 22.9. The maximum atomic E-state index is 6.13. The number of morpholine rings is 1. The molecule has 2 bridgehead atoms. The number of aryl methyl sites for hydroxylation is 1. The van der Waals surface area contributed by atoms with Crippen molar-refractivity contribution in [3.63, 3.8) is 0 Å². The average Bonchev–Trinajstić information content (AvgIpc) is 3.39. The molecule has 0 aromatic carbocycles. The number of aromatic nitrogens is 5. The third-order valence-electron chi connectivity index (χ3n) is 8.16. The zero-order valence-corrected chi connectivity index (χ0v) is 22.9. The molecule has 0 radical (unpaired) electrons. The van der Waals surface area contributed by atoms with Crippen molar-refractivity contribution in [3.8, 4) is 22.9 Å². The highest BCUT2D eigenvalue weighted by Crippen LogP contribution is 2.36. The summed E-state index contributed by atoms with van der Waals surface area (Å²) in [6.45, 7) is 7.71. The van der Waals surface area contributed by atoms with Gasteiger partial charge in [-0.1, -0.05) is 6.07 Å². The predicted molar refractivity (Wildman–Crippen MR) is 150 cm³/mol. The van der Waals surface area contributed by atoms with Crippen molar-refractivity contribution >= 4 is 11.3 Å². The first-order chi connectivity index (χ1) is 19.6. The Morgan fingerprint density at radius 3 is 2.70 bits per heavy atom. The van der Waals surface area contributed by atoms with Gasteiger partial charge < -0.3 is 24.4 Å². The van der Waals surface area contributed by atoms with Crippen LogP contribution in [0.25, 0.3) is 16.8 Å². The lowest BCUT2D eigenvalue weighted by molar-refractivity contribution is -0.00879. The number of ether oxygens (including phenoxy) is 3. The van der Waals surface area contributed by atoms with Gasteiger partial charge in [-0.3, -0.25) is 9.88 Å². The molecule has 0 aliphatic carbocycles. The van der Waals surface area contributed by atoms with E-state index >= 15 is 0 Å². The smallest absolute Gasteiger partial charge is 0.212 e. The van der Waals surface area contributed by atoms with Gasteiger partial charge in [0.05, 0.1) is 49.7 Å². The van der Waals surface area contributed by atoms with Crippen LogP contribution in [0.15, 0.2) is 49.2 Å². The molecule has 4 saturated heterocycles. The van der Waals surface area contributed by atoms with Crippen molar-refractivity contribution in [2.75, 3.05) is 51.4 Å². The summed E-state index contributed by atoms with van der Waals surface area (Å²) in [6.07, 6.45) is 10.7. The van der Waals surface area contributed by atoms with Gasteiger partial charge in [0.2, 0.25) is 5.88 Å². The molecule has 208 valence electrons. The summed E-state index contributed by atoms with van der Waals surface area (Å²) in [5.74, 6) is 2.30. The Hall–Kier alpha value is -3.80. The van der Waals surface area contributed by atoms with E-state index in [1.807, 2.05) is 47.6 Å². The quantitative estimate of drug-likeness (QED) is 0.357. The maximum Gasteiger partial charge on any atom is 0.212 e. The molecule has 3 atom stereocenters. The topological polar surface area (TPSA) is 102 Å². The number of piperidine rings is 1. The highest BCUT2D eigenvalue weighted by Gasteiger charge is 2.44. The lowest BCUT2D eigenvalue weighted by atomic mass is 9.87. The molecule has 4 aliphatic rings. The van der Waals surface area contributed by atoms with Gasteiger partial charge in [-0.25, -0.2) is 14.5 Å². The first kappa shape index (κ1) is 25.2. The molecular formula is C29H34N8O3. The summed E-state index contributed by atoms with van der Waals surface area (Å²) in [5, 5.41) is 7.87. The molecule has 4 fully saturated rings. The van der Waals surface area contributed by atoms with E-state index < -0.39 is 0 Å². The van der Waals surface area contributed by atoms with Crippen LogP contribution in [0, 0.1) is 6.92 Å². The normalized spacial score (nSPS) is 22.8. The van der Waals surface area contributed by atoms with Crippen molar-refractivity contribution in [1.82, 2.24) is 34.8 Å². The van der Waals surface area contributed by atoms with Gasteiger partial charge in [-0.05, 0) is 30.5 Å². The zero-order chi connectivity index (χ0) is 27.1. The van der Waals surface area contributed by atoms with E-state index in [9.17, 15) is 0 Å². The van der Waals surface area contributed by atoms with E-state index in [2.05, 4.69) is 38.2 Å². The van der Waals surface area contributed by atoms with E-state index in [1.165, 1.54) is 12.0 Å². The molecule has 8 heterocycles. The molecule has 11 heteroatoms. The summed E-state index contributed by atoms with van der Waals surface area (Å²) in [6, 6.07) is 7.08. The Morgan fingerprint density at radius 1 is 1.07 bits per heavy atom. The van der Waals surface area contributed by atoms with Crippen LogP contribution in [0.4, 0.5) is 5.82 Å². The Morgan fingerprint density at radius 2 is 1.98 bits per heavy atom. The van der Waals surface area contributed by atoms with Crippen LogP contribution < -0.4 is 19.7 Å². The Kier molecular flexibility index (Phi) is 6.70. The minimum atomic E-state index is 0.0332. The Labute approximate surface area is 233 Å². The summed E-state index contributed by atoms with van der Waals surface area (Å²) < 4.78 is 19.0. The van der Waals surface area contributed by atoms with Gasteiger partial charge in [0.1, 0.15) is 24.3 Å². The van der Waals surface area contributed by atoms with E-state index in [4.69, 9.17) is 24.2 Å². The molecule has 4 aromatic rings. The molecule has 11 nitrogen and oxygen atoms in total. The first-order valence-electron chi connectivity index (χ1n) is 13.9. The van der Waals surface area contributed by atoms with Gasteiger partial charge in [0, 0.05) is 62.6 Å². The fraction of sp³-hybridized carbons (Fsp3) is 0.448. The Balaban J connectivity index is 1.05.